The number of hydrogen-bond donors (Lipinski definition) is 1. The fourth-order valence-corrected chi connectivity index (χ4v) is 2.56. The largest absolute Gasteiger partial charge is 0.353 e. The number of nitrogens with one attached hydrogen (secondary N) is 1. The van der Waals surface area contributed by atoms with Gasteiger partial charge in [0.2, 0.25) is 11.9 Å². The lowest BCUT2D eigenvalue weighted by molar-refractivity contribution is -0.123. The zero-order valence-electron chi connectivity index (χ0n) is 14.9. The SMILES string of the molecule is CC(C)(C)C(=O)Nc1ccc(N2CCN(c3ncccn3)CC2)nc1. The summed E-state index contributed by atoms with van der Waals surface area (Å²) in [4.78, 5) is 29.5. The van der Waals surface area contributed by atoms with Gasteiger partial charge in [-0.3, -0.25) is 4.79 Å². The van der Waals surface area contributed by atoms with Crippen molar-refractivity contribution in [3.63, 3.8) is 0 Å². The van der Waals surface area contributed by atoms with Crippen LogP contribution in [0.5, 0.6) is 0 Å². The minimum absolute atomic E-state index is 0.0153. The van der Waals surface area contributed by atoms with Crippen LogP contribution in [0.3, 0.4) is 0 Å². The molecule has 1 fully saturated rings. The van der Waals surface area contributed by atoms with Crippen LogP contribution in [-0.2, 0) is 4.79 Å². The summed E-state index contributed by atoms with van der Waals surface area (Å²) >= 11 is 0. The summed E-state index contributed by atoms with van der Waals surface area (Å²) in [6.45, 7) is 9.10. The normalized spacial score (nSPS) is 15.2. The van der Waals surface area contributed by atoms with Crippen LogP contribution in [-0.4, -0.2) is 47.0 Å². The Hall–Kier alpha value is -2.70. The van der Waals surface area contributed by atoms with Gasteiger partial charge in [-0.1, -0.05) is 20.8 Å². The molecule has 132 valence electrons. The van der Waals surface area contributed by atoms with Gasteiger partial charge < -0.3 is 15.1 Å². The van der Waals surface area contributed by atoms with Crippen LogP contribution in [0, 0.1) is 5.41 Å². The highest BCUT2D eigenvalue weighted by molar-refractivity contribution is 5.94. The molecule has 7 heteroatoms. The predicted molar refractivity (Wildman–Crippen MR) is 98.8 cm³/mol. The second-order valence-corrected chi connectivity index (χ2v) is 7.13. The molecule has 1 amide bonds. The Balaban J connectivity index is 1.58. The molecule has 0 bridgehead atoms. The molecular weight excluding hydrogens is 316 g/mol. The number of aromatic nitrogens is 3. The van der Waals surface area contributed by atoms with Crippen LogP contribution in [0.15, 0.2) is 36.8 Å². The van der Waals surface area contributed by atoms with Crippen LogP contribution in [0.4, 0.5) is 17.5 Å². The van der Waals surface area contributed by atoms with Crippen LogP contribution in [0.2, 0.25) is 0 Å². The summed E-state index contributed by atoms with van der Waals surface area (Å²) in [6.07, 6.45) is 5.24. The Kier molecular flexibility index (Phi) is 4.83. The first-order chi connectivity index (χ1) is 11.9. The van der Waals surface area contributed by atoms with Crippen LogP contribution in [0.25, 0.3) is 0 Å². The van der Waals surface area contributed by atoms with Gasteiger partial charge in [0.1, 0.15) is 5.82 Å². The van der Waals surface area contributed by atoms with Crippen molar-refractivity contribution >= 4 is 23.4 Å². The van der Waals surface area contributed by atoms with Crippen molar-refractivity contribution in [2.45, 2.75) is 20.8 Å². The topological polar surface area (TPSA) is 74.2 Å². The van der Waals surface area contributed by atoms with Gasteiger partial charge in [0.05, 0.1) is 11.9 Å². The second kappa shape index (κ2) is 7.04. The molecule has 1 aliphatic heterocycles. The quantitative estimate of drug-likeness (QED) is 0.923. The van der Waals surface area contributed by atoms with Gasteiger partial charge >= 0.3 is 0 Å². The van der Waals surface area contributed by atoms with E-state index in [1.54, 1.807) is 18.6 Å². The molecule has 0 aromatic carbocycles. The first kappa shape index (κ1) is 17.1. The molecule has 0 spiro atoms. The highest BCUT2D eigenvalue weighted by atomic mass is 16.2. The molecule has 7 nitrogen and oxygen atoms in total. The van der Waals surface area contributed by atoms with E-state index in [0.29, 0.717) is 0 Å². The van der Waals surface area contributed by atoms with E-state index in [1.807, 2.05) is 39.0 Å². The molecule has 0 saturated carbocycles. The van der Waals surface area contributed by atoms with Crippen LogP contribution < -0.4 is 15.1 Å². The number of carbonyl (C=O) groups is 1. The molecule has 0 atom stereocenters. The summed E-state index contributed by atoms with van der Waals surface area (Å²) in [5, 5.41) is 2.90. The van der Waals surface area contributed by atoms with E-state index in [9.17, 15) is 4.79 Å². The van der Waals surface area contributed by atoms with Crippen molar-refractivity contribution in [3.8, 4) is 0 Å². The maximum atomic E-state index is 12.0. The lowest BCUT2D eigenvalue weighted by Crippen LogP contribution is -2.47. The van der Waals surface area contributed by atoms with Crippen LogP contribution >= 0.6 is 0 Å². The van der Waals surface area contributed by atoms with Gasteiger partial charge in [0.15, 0.2) is 0 Å². The summed E-state index contributed by atoms with van der Waals surface area (Å²) in [5.74, 6) is 1.68. The molecule has 1 aliphatic rings. The molecule has 3 heterocycles. The molecule has 3 rings (SSSR count). The molecular formula is C18H24N6O. The first-order valence-corrected chi connectivity index (χ1v) is 8.48. The van der Waals surface area contributed by atoms with Gasteiger partial charge in [0.25, 0.3) is 0 Å². The van der Waals surface area contributed by atoms with Crippen molar-refractivity contribution in [1.82, 2.24) is 15.0 Å². The first-order valence-electron chi connectivity index (χ1n) is 8.48. The van der Waals surface area contributed by atoms with E-state index >= 15 is 0 Å². The fraction of sp³-hybridized carbons (Fsp3) is 0.444. The van der Waals surface area contributed by atoms with Crippen molar-refractivity contribution in [2.24, 2.45) is 5.41 Å². The number of pyridine rings is 1. The van der Waals surface area contributed by atoms with Gasteiger partial charge in [0, 0.05) is 44.0 Å². The molecule has 0 unspecified atom stereocenters. The Morgan fingerprint density at radius 2 is 1.64 bits per heavy atom. The predicted octanol–water partition coefficient (Wildman–Crippen LogP) is 2.18. The molecule has 0 radical (unpaired) electrons. The third-order valence-electron chi connectivity index (χ3n) is 4.13. The highest BCUT2D eigenvalue weighted by Crippen LogP contribution is 2.20. The van der Waals surface area contributed by atoms with Crippen molar-refractivity contribution in [3.05, 3.63) is 36.8 Å². The van der Waals surface area contributed by atoms with E-state index in [0.717, 1.165) is 43.6 Å². The number of amides is 1. The molecule has 0 aliphatic carbocycles. The lowest BCUT2D eigenvalue weighted by Gasteiger charge is -2.35. The van der Waals surface area contributed by atoms with E-state index < -0.39 is 5.41 Å². The number of rotatable bonds is 3. The Morgan fingerprint density at radius 1 is 1.00 bits per heavy atom. The third kappa shape index (κ3) is 4.23. The average Bonchev–Trinajstić information content (AvgIpc) is 2.62. The van der Waals surface area contributed by atoms with Crippen molar-refractivity contribution in [1.29, 1.82) is 0 Å². The number of nitrogens with zero attached hydrogens (tertiary/aromatic N) is 5. The number of carbonyl (C=O) groups excluding carboxylic acids is 1. The minimum atomic E-state index is -0.422. The molecule has 25 heavy (non-hydrogen) atoms. The van der Waals surface area contributed by atoms with E-state index in [2.05, 4.69) is 30.1 Å². The van der Waals surface area contributed by atoms with E-state index in [1.165, 1.54) is 0 Å². The maximum absolute atomic E-state index is 12.0. The summed E-state index contributed by atoms with van der Waals surface area (Å²) in [7, 11) is 0. The third-order valence-corrected chi connectivity index (χ3v) is 4.13. The minimum Gasteiger partial charge on any atom is -0.353 e. The molecule has 2 aromatic heterocycles. The van der Waals surface area contributed by atoms with E-state index in [-0.39, 0.29) is 5.91 Å². The van der Waals surface area contributed by atoms with Gasteiger partial charge in [-0.15, -0.1) is 0 Å². The molecule has 1 saturated heterocycles. The zero-order chi connectivity index (χ0) is 17.9. The van der Waals surface area contributed by atoms with Crippen molar-refractivity contribution < 1.29 is 4.79 Å². The fourth-order valence-electron chi connectivity index (χ4n) is 2.56. The lowest BCUT2D eigenvalue weighted by atomic mass is 9.96. The second-order valence-electron chi connectivity index (χ2n) is 7.13. The summed E-state index contributed by atoms with van der Waals surface area (Å²) in [5.41, 5.74) is 0.300. The van der Waals surface area contributed by atoms with E-state index in [4.69, 9.17) is 0 Å². The maximum Gasteiger partial charge on any atom is 0.229 e. The van der Waals surface area contributed by atoms with Gasteiger partial charge in [-0.05, 0) is 18.2 Å². The monoisotopic (exact) mass is 340 g/mol. The number of piperazine rings is 1. The number of hydrogen-bond acceptors (Lipinski definition) is 6. The average molecular weight is 340 g/mol. The molecule has 1 N–H and O–H groups in total. The van der Waals surface area contributed by atoms with Gasteiger partial charge in [-0.2, -0.15) is 0 Å². The van der Waals surface area contributed by atoms with Gasteiger partial charge in [-0.25, -0.2) is 15.0 Å². The Morgan fingerprint density at radius 3 is 2.20 bits per heavy atom. The van der Waals surface area contributed by atoms with Crippen LogP contribution in [0.1, 0.15) is 20.8 Å². The Bertz CT molecular complexity index is 703. The summed E-state index contributed by atoms with van der Waals surface area (Å²) < 4.78 is 0. The highest BCUT2D eigenvalue weighted by Gasteiger charge is 2.22. The Labute approximate surface area is 148 Å². The smallest absolute Gasteiger partial charge is 0.229 e. The zero-order valence-corrected chi connectivity index (χ0v) is 14.9. The standard InChI is InChI=1S/C18H24N6O/c1-18(2,3)16(25)22-14-5-6-15(21-13-14)23-9-11-24(12-10-23)17-19-7-4-8-20-17/h4-8,13H,9-12H2,1-3H3,(H,22,25). The summed E-state index contributed by atoms with van der Waals surface area (Å²) in [6, 6.07) is 5.68. The number of anilines is 3. The molecule has 2 aromatic rings. The van der Waals surface area contributed by atoms with Crippen molar-refractivity contribution in [2.75, 3.05) is 41.3 Å².